The smallest absolute Gasteiger partial charge is 0.151 e. The van der Waals surface area contributed by atoms with Crippen molar-refractivity contribution in [2.24, 2.45) is 0 Å². The zero-order valence-corrected chi connectivity index (χ0v) is 8.19. The molecule has 66 valence electrons. The predicted octanol–water partition coefficient (Wildman–Crippen LogP) is 3.29. The molecular formula is C10H14OS. The van der Waals surface area contributed by atoms with Gasteiger partial charge in [0.1, 0.15) is 0 Å². The highest BCUT2D eigenvalue weighted by Gasteiger charge is 2.01. The van der Waals surface area contributed by atoms with E-state index in [1.54, 1.807) is 11.3 Å². The first-order chi connectivity index (χ1) is 5.88. The van der Waals surface area contributed by atoms with Gasteiger partial charge in [-0.05, 0) is 23.8 Å². The SMILES string of the molecule is CCCCCc1cscc1C=O. The number of unbranched alkanes of at least 4 members (excludes halogenated alkanes) is 2. The van der Waals surface area contributed by atoms with Crippen molar-refractivity contribution in [1.29, 1.82) is 0 Å². The Balaban J connectivity index is 2.45. The van der Waals surface area contributed by atoms with Crippen LogP contribution in [-0.4, -0.2) is 6.29 Å². The second-order valence-electron chi connectivity index (χ2n) is 2.93. The number of carbonyl (C=O) groups is 1. The zero-order chi connectivity index (χ0) is 8.81. The van der Waals surface area contributed by atoms with Gasteiger partial charge in [-0.2, -0.15) is 11.3 Å². The highest BCUT2D eigenvalue weighted by atomic mass is 32.1. The Hall–Kier alpha value is -0.630. The van der Waals surface area contributed by atoms with E-state index in [9.17, 15) is 4.79 Å². The average Bonchev–Trinajstić information content (AvgIpc) is 2.52. The van der Waals surface area contributed by atoms with E-state index in [2.05, 4.69) is 12.3 Å². The first-order valence-corrected chi connectivity index (χ1v) is 5.33. The first-order valence-electron chi connectivity index (χ1n) is 4.38. The Morgan fingerprint density at radius 2 is 2.25 bits per heavy atom. The lowest BCUT2D eigenvalue weighted by Crippen LogP contribution is -1.87. The standard InChI is InChI=1S/C10H14OS/c1-2-3-4-5-9-7-12-8-10(9)6-11/h6-8H,2-5H2,1H3. The summed E-state index contributed by atoms with van der Waals surface area (Å²) in [5.74, 6) is 0. The van der Waals surface area contributed by atoms with Crippen molar-refractivity contribution in [1.82, 2.24) is 0 Å². The van der Waals surface area contributed by atoms with Crippen molar-refractivity contribution in [2.75, 3.05) is 0 Å². The monoisotopic (exact) mass is 182 g/mol. The first kappa shape index (κ1) is 9.46. The van der Waals surface area contributed by atoms with Gasteiger partial charge < -0.3 is 0 Å². The molecule has 0 radical (unpaired) electrons. The van der Waals surface area contributed by atoms with Gasteiger partial charge in [0.05, 0.1) is 0 Å². The molecule has 0 saturated carbocycles. The maximum atomic E-state index is 10.5. The van der Waals surface area contributed by atoms with Gasteiger partial charge in [0, 0.05) is 10.9 Å². The molecular weight excluding hydrogens is 168 g/mol. The molecule has 0 spiro atoms. The molecule has 2 heteroatoms. The summed E-state index contributed by atoms with van der Waals surface area (Å²) in [6.45, 7) is 2.19. The molecule has 0 bridgehead atoms. The number of aryl methyl sites for hydroxylation is 1. The molecule has 0 aliphatic heterocycles. The number of hydrogen-bond donors (Lipinski definition) is 0. The molecule has 0 fully saturated rings. The Kier molecular flexibility index (Phi) is 4.01. The Bertz CT molecular complexity index is 240. The summed E-state index contributed by atoms with van der Waals surface area (Å²) < 4.78 is 0. The molecule has 1 rings (SSSR count). The number of thiophene rings is 1. The summed E-state index contributed by atoms with van der Waals surface area (Å²) in [6, 6.07) is 0. The van der Waals surface area contributed by atoms with Crippen LogP contribution in [0, 0.1) is 0 Å². The molecule has 1 nitrogen and oxygen atoms in total. The topological polar surface area (TPSA) is 17.1 Å². The molecule has 0 saturated heterocycles. The van der Waals surface area contributed by atoms with E-state index >= 15 is 0 Å². The van der Waals surface area contributed by atoms with E-state index in [1.807, 2.05) is 5.38 Å². The minimum absolute atomic E-state index is 0.885. The van der Waals surface area contributed by atoms with Crippen LogP contribution in [0.25, 0.3) is 0 Å². The Labute approximate surface area is 77.4 Å². The summed E-state index contributed by atoms with van der Waals surface area (Å²) in [5.41, 5.74) is 2.11. The minimum Gasteiger partial charge on any atom is -0.298 e. The van der Waals surface area contributed by atoms with Crippen molar-refractivity contribution >= 4 is 17.6 Å². The fraction of sp³-hybridized carbons (Fsp3) is 0.500. The normalized spacial score (nSPS) is 10.1. The second-order valence-corrected chi connectivity index (χ2v) is 3.67. The highest BCUT2D eigenvalue weighted by molar-refractivity contribution is 7.08. The highest BCUT2D eigenvalue weighted by Crippen LogP contribution is 2.15. The minimum atomic E-state index is 0.885. The van der Waals surface area contributed by atoms with Crippen molar-refractivity contribution in [3.8, 4) is 0 Å². The van der Waals surface area contributed by atoms with Crippen LogP contribution in [0.2, 0.25) is 0 Å². The molecule has 0 amide bonds. The quantitative estimate of drug-likeness (QED) is 0.504. The molecule has 0 N–H and O–H groups in total. The molecule has 0 atom stereocenters. The third kappa shape index (κ3) is 2.45. The van der Waals surface area contributed by atoms with Gasteiger partial charge in [0.25, 0.3) is 0 Å². The third-order valence-corrected chi connectivity index (χ3v) is 2.76. The van der Waals surface area contributed by atoms with E-state index in [-0.39, 0.29) is 0 Å². The Morgan fingerprint density at radius 1 is 1.42 bits per heavy atom. The Morgan fingerprint density at radius 3 is 2.92 bits per heavy atom. The number of carbonyl (C=O) groups excluding carboxylic acids is 1. The van der Waals surface area contributed by atoms with Crippen molar-refractivity contribution in [2.45, 2.75) is 32.6 Å². The lowest BCUT2D eigenvalue weighted by atomic mass is 10.1. The number of aldehydes is 1. The van der Waals surface area contributed by atoms with Gasteiger partial charge in [-0.3, -0.25) is 4.79 Å². The molecule has 12 heavy (non-hydrogen) atoms. The van der Waals surface area contributed by atoms with Gasteiger partial charge in [-0.1, -0.05) is 19.8 Å². The summed E-state index contributed by atoms with van der Waals surface area (Å²) in [7, 11) is 0. The number of hydrogen-bond acceptors (Lipinski definition) is 2. The van der Waals surface area contributed by atoms with E-state index in [0.717, 1.165) is 18.3 Å². The lowest BCUT2D eigenvalue weighted by molar-refractivity contribution is 0.112. The van der Waals surface area contributed by atoms with Crippen LogP contribution in [0.3, 0.4) is 0 Å². The van der Waals surface area contributed by atoms with E-state index in [0.29, 0.717) is 0 Å². The van der Waals surface area contributed by atoms with E-state index in [4.69, 9.17) is 0 Å². The van der Waals surface area contributed by atoms with Crippen LogP contribution in [-0.2, 0) is 6.42 Å². The van der Waals surface area contributed by atoms with Gasteiger partial charge >= 0.3 is 0 Å². The van der Waals surface area contributed by atoms with Crippen molar-refractivity contribution in [3.63, 3.8) is 0 Å². The largest absolute Gasteiger partial charge is 0.298 e. The van der Waals surface area contributed by atoms with Crippen LogP contribution in [0.15, 0.2) is 10.8 Å². The van der Waals surface area contributed by atoms with Crippen molar-refractivity contribution in [3.05, 3.63) is 21.9 Å². The fourth-order valence-electron chi connectivity index (χ4n) is 1.21. The maximum Gasteiger partial charge on any atom is 0.151 e. The molecule has 0 unspecified atom stereocenters. The third-order valence-electron chi connectivity index (χ3n) is 1.95. The predicted molar refractivity (Wildman–Crippen MR) is 52.9 cm³/mol. The molecule has 0 aliphatic rings. The summed E-state index contributed by atoms with van der Waals surface area (Å²) in [5, 5.41) is 4.01. The molecule has 1 aromatic rings. The van der Waals surface area contributed by atoms with Gasteiger partial charge in [0.15, 0.2) is 6.29 Å². The lowest BCUT2D eigenvalue weighted by Gasteiger charge is -1.97. The fourth-order valence-corrected chi connectivity index (χ4v) is 2.05. The second kappa shape index (κ2) is 5.09. The van der Waals surface area contributed by atoms with Crippen molar-refractivity contribution < 1.29 is 4.79 Å². The maximum absolute atomic E-state index is 10.5. The average molecular weight is 182 g/mol. The van der Waals surface area contributed by atoms with E-state index < -0.39 is 0 Å². The van der Waals surface area contributed by atoms with Crippen LogP contribution >= 0.6 is 11.3 Å². The van der Waals surface area contributed by atoms with Gasteiger partial charge in [0.2, 0.25) is 0 Å². The van der Waals surface area contributed by atoms with Crippen LogP contribution in [0.4, 0.5) is 0 Å². The van der Waals surface area contributed by atoms with Gasteiger partial charge in [-0.15, -0.1) is 0 Å². The zero-order valence-electron chi connectivity index (χ0n) is 7.38. The van der Waals surface area contributed by atoms with Gasteiger partial charge in [-0.25, -0.2) is 0 Å². The van der Waals surface area contributed by atoms with Crippen LogP contribution in [0.5, 0.6) is 0 Å². The summed E-state index contributed by atoms with van der Waals surface area (Å²) >= 11 is 1.62. The van der Waals surface area contributed by atoms with E-state index in [1.165, 1.54) is 24.8 Å². The molecule has 1 heterocycles. The molecule has 0 aromatic carbocycles. The number of rotatable bonds is 5. The molecule has 0 aliphatic carbocycles. The van der Waals surface area contributed by atoms with Crippen LogP contribution < -0.4 is 0 Å². The summed E-state index contributed by atoms with van der Waals surface area (Å²) in [4.78, 5) is 10.5. The summed E-state index contributed by atoms with van der Waals surface area (Å²) in [6.07, 6.45) is 5.71. The van der Waals surface area contributed by atoms with Crippen LogP contribution in [0.1, 0.15) is 42.1 Å². The molecule has 1 aromatic heterocycles.